The summed E-state index contributed by atoms with van der Waals surface area (Å²) in [4.78, 5) is 11.0. The summed E-state index contributed by atoms with van der Waals surface area (Å²) in [7, 11) is 0. The largest absolute Gasteiger partial charge is 0.489 e. The molecule has 0 radical (unpaired) electrons. The van der Waals surface area contributed by atoms with Gasteiger partial charge in [-0.3, -0.25) is 4.79 Å². The first-order chi connectivity index (χ1) is 7.63. The number of carbonyl (C=O) groups excluding carboxylic acids is 1. The molecular weight excluding hydrogens is 202 g/mol. The SMILES string of the molecule is C=CC(=O)NCC(C)Oc1ccccc1C. The van der Waals surface area contributed by atoms with Gasteiger partial charge in [0.2, 0.25) is 5.91 Å². The van der Waals surface area contributed by atoms with E-state index in [1.165, 1.54) is 6.08 Å². The highest BCUT2D eigenvalue weighted by atomic mass is 16.5. The topological polar surface area (TPSA) is 38.3 Å². The van der Waals surface area contributed by atoms with Crippen LogP contribution in [0, 0.1) is 6.92 Å². The maximum Gasteiger partial charge on any atom is 0.243 e. The molecule has 1 aromatic rings. The van der Waals surface area contributed by atoms with Gasteiger partial charge in [-0.1, -0.05) is 24.8 Å². The van der Waals surface area contributed by atoms with E-state index in [1.807, 2.05) is 38.1 Å². The van der Waals surface area contributed by atoms with Crippen LogP contribution in [0.2, 0.25) is 0 Å². The zero-order valence-electron chi connectivity index (χ0n) is 9.69. The standard InChI is InChI=1S/C13H17NO2/c1-4-13(15)14-9-11(3)16-12-8-6-5-7-10(12)2/h4-8,11H,1,9H2,2-3H3,(H,14,15). The molecular formula is C13H17NO2. The van der Waals surface area contributed by atoms with Crippen LogP contribution < -0.4 is 10.1 Å². The molecule has 16 heavy (non-hydrogen) atoms. The number of carbonyl (C=O) groups is 1. The van der Waals surface area contributed by atoms with E-state index in [1.54, 1.807) is 0 Å². The van der Waals surface area contributed by atoms with Crippen molar-refractivity contribution in [2.24, 2.45) is 0 Å². The van der Waals surface area contributed by atoms with E-state index in [0.717, 1.165) is 11.3 Å². The van der Waals surface area contributed by atoms with Gasteiger partial charge in [-0.15, -0.1) is 0 Å². The molecule has 0 bridgehead atoms. The van der Waals surface area contributed by atoms with Crippen LogP contribution in [-0.4, -0.2) is 18.6 Å². The molecule has 1 amide bonds. The molecule has 0 aliphatic heterocycles. The third kappa shape index (κ3) is 3.77. The molecule has 86 valence electrons. The average molecular weight is 219 g/mol. The molecule has 0 aliphatic carbocycles. The van der Waals surface area contributed by atoms with Gasteiger partial charge in [-0.2, -0.15) is 0 Å². The Morgan fingerprint density at radius 3 is 2.88 bits per heavy atom. The molecule has 0 saturated heterocycles. The van der Waals surface area contributed by atoms with Gasteiger partial charge >= 0.3 is 0 Å². The van der Waals surface area contributed by atoms with Gasteiger partial charge in [-0.05, 0) is 31.6 Å². The van der Waals surface area contributed by atoms with Crippen LogP contribution in [0.1, 0.15) is 12.5 Å². The van der Waals surface area contributed by atoms with Crippen molar-refractivity contribution in [3.8, 4) is 5.75 Å². The lowest BCUT2D eigenvalue weighted by Crippen LogP contribution is -2.32. The Labute approximate surface area is 96.1 Å². The van der Waals surface area contributed by atoms with Crippen molar-refractivity contribution in [1.29, 1.82) is 0 Å². The highest BCUT2D eigenvalue weighted by molar-refractivity contribution is 5.86. The highest BCUT2D eigenvalue weighted by Crippen LogP contribution is 2.17. The van der Waals surface area contributed by atoms with Crippen LogP contribution >= 0.6 is 0 Å². The number of rotatable bonds is 5. The first-order valence-electron chi connectivity index (χ1n) is 5.26. The van der Waals surface area contributed by atoms with Crippen LogP contribution in [0.5, 0.6) is 5.75 Å². The van der Waals surface area contributed by atoms with E-state index in [2.05, 4.69) is 11.9 Å². The van der Waals surface area contributed by atoms with E-state index in [-0.39, 0.29) is 12.0 Å². The molecule has 0 spiro atoms. The molecule has 0 heterocycles. The molecule has 3 heteroatoms. The summed E-state index contributed by atoms with van der Waals surface area (Å²) in [5.41, 5.74) is 1.09. The van der Waals surface area contributed by atoms with E-state index in [0.29, 0.717) is 6.54 Å². The van der Waals surface area contributed by atoms with E-state index >= 15 is 0 Å². The van der Waals surface area contributed by atoms with E-state index in [9.17, 15) is 4.79 Å². The highest BCUT2D eigenvalue weighted by Gasteiger charge is 2.06. The quantitative estimate of drug-likeness (QED) is 0.770. The van der Waals surface area contributed by atoms with Crippen LogP contribution in [0.3, 0.4) is 0 Å². The number of benzene rings is 1. The van der Waals surface area contributed by atoms with Crippen molar-refractivity contribution in [2.75, 3.05) is 6.54 Å². The molecule has 1 rings (SSSR count). The van der Waals surface area contributed by atoms with Crippen LogP contribution in [0.25, 0.3) is 0 Å². The van der Waals surface area contributed by atoms with Crippen molar-refractivity contribution < 1.29 is 9.53 Å². The van der Waals surface area contributed by atoms with Gasteiger partial charge < -0.3 is 10.1 Å². The summed E-state index contributed by atoms with van der Waals surface area (Å²) in [6.07, 6.45) is 1.19. The normalized spacial score (nSPS) is 11.6. The van der Waals surface area contributed by atoms with Crippen LogP contribution in [0.15, 0.2) is 36.9 Å². The summed E-state index contributed by atoms with van der Waals surface area (Å²) in [5.74, 6) is 0.670. The minimum absolute atomic E-state index is 0.0648. The second-order valence-corrected chi connectivity index (χ2v) is 3.64. The molecule has 0 fully saturated rings. The number of hydrogen-bond acceptors (Lipinski definition) is 2. The fourth-order valence-electron chi connectivity index (χ4n) is 1.26. The Balaban J connectivity index is 2.45. The van der Waals surface area contributed by atoms with Gasteiger partial charge in [0.05, 0.1) is 6.54 Å². The minimum atomic E-state index is -0.180. The third-order valence-electron chi connectivity index (χ3n) is 2.17. The summed E-state index contributed by atoms with van der Waals surface area (Å²) in [6, 6.07) is 7.80. The Bertz CT molecular complexity index is 374. The number of amides is 1. The van der Waals surface area contributed by atoms with Gasteiger partial charge in [0.1, 0.15) is 11.9 Å². The van der Waals surface area contributed by atoms with Crippen molar-refractivity contribution in [2.45, 2.75) is 20.0 Å². The minimum Gasteiger partial charge on any atom is -0.489 e. The van der Waals surface area contributed by atoms with Crippen LogP contribution in [-0.2, 0) is 4.79 Å². The zero-order valence-corrected chi connectivity index (χ0v) is 9.69. The second-order valence-electron chi connectivity index (χ2n) is 3.64. The number of aryl methyl sites for hydroxylation is 1. The first kappa shape index (κ1) is 12.3. The molecule has 1 aromatic carbocycles. The van der Waals surface area contributed by atoms with Crippen molar-refractivity contribution in [3.05, 3.63) is 42.5 Å². The Kier molecular flexibility index (Phi) is 4.58. The zero-order chi connectivity index (χ0) is 12.0. The molecule has 1 N–H and O–H groups in total. The predicted molar refractivity (Wildman–Crippen MR) is 64.5 cm³/mol. The fraction of sp³-hybridized carbons (Fsp3) is 0.308. The molecule has 1 atom stereocenters. The fourth-order valence-corrected chi connectivity index (χ4v) is 1.26. The number of nitrogens with one attached hydrogen (secondary N) is 1. The smallest absolute Gasteiger partial charge is 0.243 e. The number of ether oxygens (including phenoxy) is 1. The Morgan fingerprint density at radius 2 is 2.25 bits per heavy atom. The van der Waals surface area contributed by atoms with E-state index in [4.69, 9.17) is 4.74 Å². The maximum atomic E-state index is 11.0. The van der Waals surface area contributed by atoms with Gasteiger partial charge in [0.15, 0.2) is 0 Å². The van der Waals surface area contributed by atoms with Crippen molar-refractivity contribution in [1.82, 2.24) is 5.32 Å². The van der Waals surface area contributed by atoms with Crippen LogP contribution in [0.4, 0.5) is 0 Å². The average Bonchev–Trinajstić information content (AvgIpc) is 2.29. The second kappa shape index (κ2) is 5.95. The molecule has 0 aliphatic rings. The maximum absolute atomic E-state index is 11.0. The molecule has 1 unspecified atom stereocenters. The summed E-state index contributed by atoms with van der Waals surface area (Å²) in [6.45, 7) is 7.76. The summed E-state index contributed by atoms with van der Waals surface area (Å²) >= 11 is 0. The molecule has 0 aromatic heterocycles. The van der Waals surface area contributed by atoms with Crippen molar-refractivity contribution >= 4 is 5.91 Å². The number of hydrogen-bond donors (Lipinski definition) is 1. The summed E-state index contributed by atoms with van der Waals surface area (Å²) in [5, 5.41) is 2.69. The van der Waals surface area contributed by atoms with E-state index < -0.39 is 0 Å². The van der Waals surface area contributed by atoms with Gasteiger partial charge in [0.25, 0.3) is 0 Å². The predicted octanol–water partition coefficient (Wildman–Crippen LogP) is 2.06. The summed E-state index contributed by atoms with van der Waals surface area (Å²) < 4.78 is 5.69. The lowest BCUT2D eigenvalue weighted by Gasteiger charge is -2.16. The lowest BCUT2D eigenvalue weighted by molar-refractivity contribution is -0.116. The third-order valence-corrected chi connectivity index (χ3v) is 2.17. The van der Waals surface area contributed by atoms with Crippen molar-refractivity contribution in [3.63, 3.8) is 0 Å². The molecule has 0 saturated carbocycles. The van der Waals surface area contributed by atoms with Gasteiger partial charge in [0, 0.05) is 0 Å². The Hall–Kier alpha value is -1.77. The first-order valence-corrected chi connectivity index (χ1v) is 5.26. The Morgan fingerprint density at radius 1 is 1.56 bits per heavy atom. The van der Waals surface area contributed by atoms with Gasteiger partial charge in [-0.25, -0.2) is 0 Å². The lowest BCUT2D eigenvalue weighted by atomic mass is 10.2. The molecule has 3 nitrogen and oxygen atoms in total. The number of para-hydroxylation sites is 1. The monoisotopic (exact) mass is 219 g/mol.